The second kappa shape index (κ2) is 7.19. The van der Waals surface area contributed by atoms with Gasteiger partial charge in [-0.05, 0) is 23.8 Å². The molecular weight excluding hydrogens is 346 g/mol. The molecule has 0 atom stereocenters. The van der Waals surface area contributed by atoms with Crippen LogP contribution in [0.15, 0.2) is 33.7 Å². The summed E-state index contributed by atoms with van der Waals surface area (Å²) in [5.41, 5.74) is 1.19. The van der Waals surface area contributed by atoms with E-state index in [-0.39, 0.29) is 0 Å². The van der Waals surface area contributed by atoms with E-state index >= 15 is 0 Å². The van der Waals surface area contributed by atoms with Gasteiger partial charge in [0.25, 0.3) is 0 Å². The summed E-state index contributed by atoms with van der Waals surface area (Å²) >= 11 is 6.81. The number of halogens is 2. The van der Waals surface area contributed by atoms with Crippen molar-refractivity contribution in [3.8, 4) is 5.75 Å². The predicted molar refractivity (Wildman–Crippen MR) is 79.7 cm³/mol. The van der Waals surface area contributed by atoms with Gasteiger partial charge in [-0.2, -0.15) is 0 Å². The molecule has 1 N–H and O–H groups in total. The zero-order valence-electron chi connectivity index (χ0n) is 10.1. The minimum Gasteiger partial charge on any atom is -0.488 e. The van der Waals surface area contributed by atoms with Gasteiger partial charge in [-0.1, -0.05) is 52.3 Å². The Kier molecular flexibility index (Phi) is 6.23. The van der Waals surface area contributed by atoms with Gasteiger partial charge in [-0.3, -0.25) is 0 Å². The Morgan fingerprint density at radius 3 is 2.76 bits per heavy atom. The van der Waals surface area contributed by atoms with E-state index in [1.165, 1.54) is 5.56 Å². The third-order valence-electron chi connectivity index (χ3n) is 2.11. The Labute approximate surface area is 120 Å². The summed E-state index contributed by atoms with van der Waals surface area (Å²) in [5, 5.41) is 3.38. The average Bonchev–Trinajstić information content (AvgIpc) is 2.26. The molecule has 0 aliphatic carbocycles. The molecule has 0 unspecified atom stereocenters. The molecule has 2 nitrogen and oxygen atoms in total. The van der Waals surface area contributed by atoms with E-state index in [2.05, 4.69) is 57.6 Å². The van der Waals surface area contributed by atoms with E-state index in [0.29, 0.717) is 12.6 Å². The third-order valence-corrected chi connectivity index (χ3v) is 3.12. The second-order valence-corrected chi connectivity index (χ2v) is 6.07. The van der Waals surface area contributed by atoms with E-state index in [9.17, 15) is 0 Å². The first-order valence-corrected chi connectivity index (χ1v) is 7.05. The maximum absolute atomic E-state index is 5.57. The molecule has 0 fully saturated rings. The molecule has 1 aromatic rings. The maximum atomic E-state index is 5.57. The average molecular weight is 363 g/mol. The van der Waals surface area contributed by atoms with Crippen LogP contribution in [0.2, 0.25) is 0 Å². The summed E-state index contributed by atoms with van der Waals surface area (Å²) in [4.78, 5) is 0. The lowest BCUT2D eigenvalue weighted by Crippen LogP contribution is -2.22. The topological polar surface area (TPSA) is 21.3 Å². The number of nitrogens with one attached hydrogen (secondary N) is 1. The van der Waals surface area contributed by atoms with Crippen LogP contribution in [0, 0.1) is 0 Å². The first-order chi connectivity index (χ1) is 7.99. The molecule has 0 radical (unpaired) electrons. The highest BCUT2D eigenvalue weighted by molar-refractivity contribution is 9.11. The van der Waals surface area contributed by atoms with Gasteiger partial charge in [0.15, 0.2) is 0 Å². The molecule has 0 aromatic heterocycles. The molecule has 0 heterocycles. The molecule has 94 valence electrons. The molecule has 0 aliphatic heterocycles. The molecule has 4 heteroatoms. The third kappa shape index (κ3) is 5.70. The van der Waals surface area contributed by atoms with Crippen LogP contribution in [0.25, 0.3) is 0 Å². The fourth-order valence-electron chi connectivity index (χ4n) is 1.25. The van der Waals surface area contributed by atoms with E-state index in [0.717, 1.165) is 21.2 Å². The highest BCUT2D eigenvalue weighted by atomic mass is 79.9. The number of hydrogen-bond donors (Lipinski definition) is 1. The van der Waals surface area contributed by atoms with Crippen molar-refractivity contribution in [3.63, 3.8) is 0 Å². The van der Waals surface area contributed by atoms with Crippen LogP contribution >= 0.6 is 31.9 Å². The van der Waals surface area contributed by atoms with Crippen molar-refractivity contribution >= 4 is 31.9 Å². The highest BCUT2D eigenvalue weighted by Crippen LogP contribution is 2.23. The lowest BCUT2D eigenvalue weighted by Gasteiger charge is -2.12. The van der Waals surface area contributed by atoms with Crippen LogP contribution in [0.3, 0.4) is 0 Å². The van der Waals surface area contributed by atoms with Crippen LogP contribution in [0.1, 0.15) is 19.4 Å². The Bertz CT molecular complexity index is 391. The fourth-order valence-corrected chi connectivity index (χ4v) is 1.75. The van der Waals surface area contributed by atoms with Crippen molar-refractivity contribution < 1.29 is 4.74 Å². The van der Waals surface area contributed by atoms with Crippen molar-refractivity contribution in [2.24, 2.45) is 0 Å². The number of rotatable bonds is 6. The summed E-state index contributed by atoms with van der Waals surface area (Å²) in [7, 11) is 0. The lowest BCUT2D eigenvalue weighted by atomic mass is 10.2. The van der Waals surface area contributed by atoms with Crippen LogP contribution in [0.4, 0.5) is 0 Å². The molecule has 0 saturated heterocycles. The first-order valence-electron chi connectivity index (χ1n) is 5.47. The number of ether oxygens (including phenoxy) is 1. The minimum absolute atomic E-state index is 0.466. The first kappa shape index (κ1) is 14.7. The monoisotopic (exact) mass is 361 g/mol. The zero-order valence-corrected chi connectivity index (χ0v) is 13.3. The molecule has 17 heavy (non-hydrogen) atoms. The summed E-state index contributed by atoms with van der Waals surface area (Å²) in [6, 6.07) is 6.45. The van der Waals surface area contributed by atoms with Crippen molar-refractivity contribution in [2.45, 2.75) is 26.4 Å². The minimum atomic E-state index is 0.466. The van der Waals surface area contributed by atoms with Gasteiger partial charge < -0.3 is 10.1 Å². The molecule has 0 amide bonds. The van der Waals surface area contributed by atoms with Gasteiger partial charge >= 0.3 is 0 Å². The molecule has 0 bridgehead atoms. The van der Waals surface area contributed by atoms with Crippen LogP contribution in [-0.4, -0.2) is 12.6 Å². The van der Waals surface area contributed by atoms with Gasteiger partial charge in [-0.15, -0.1) is 0 Å². The Morgan fingerprint density at radius 1 is 1.47 bits per heavy atom. The maximum Gasteiger partial charge on any atom is 0.120 e. The molecule has 0 spiro atoms. The summed E-state index contributed by atoms with van der Waals surface area (Å²) in [6.07, 6.45) is 0. The van der Waals surface area contributed by atoms with Gasteiger partial charge in [0.1, 0.15) is 12.4 Å². The smallest absolute Gasteiger partial charge is 0.120 e. The molecule has 0 aliphatic rings. The zero-order chi connectivity index (χ0) is 12.8. The van der Waals surface area contributed by atoms with Crippen LogP contribution in [-0.2, 0) is 6.54 Å². The number of hydrogen-bond acceptors (Lipinski definition) is 2. The SMILES string of the molecule is C=C(Br)COc1ccc(Br)c(CNC(C)C)c1. The standard InChI is InChI=1S/C13H17Br2NO/c1-9(2)16-7-11-6-12(4-5-13(11)15)17-8-10(3)14/h4-6,9,16H,3,7-8H2,1-2H3. The van der Waals surface area contributed by atoms with Gasteiger partial charge in [0.2, 0.25) is 0 Å². The van der Waals surface area contributed by atoms with E-state index in [4.69, 9.17) is 4.74 Å². The van der Waals surface area contributed by atoms with Crippen molar-refractivity contribution in [2.75, 3.05) is 6.61 Å². The molecular formula is C13H17Br2NO. The molecule has 1 rings (SSSR count). The Morgan fingerprint density at radius 2 is 2.18 bits per heavy atom. The van der Waals surface area contributed by atoms with Crippen molar-refractivity contribution in [1.82, 2.24) is 5.32 Å². The van der Waals surface area contributed by atoms with Gasteiger partial charge in [0, 0.05) is 21.5 Å². The second-order valence-electron chi connectivity index (χ2n) is 4.09. The summed E-state index contributed by atoms with van der Waals surface area (Å²) in [5.74, 6) is 0.856. The van der Waals surface area contributed by atoms with Gasteiger partial charge in [-0.25, -0.2) is 0 Å². The van der Waals surface area contributed by atoms with Gasteiger partial charge in [0.05, 0.1) is 0 Å². The van der Waals surface area contributed by atoms with Crippen LogP contribution < -0.4 is 10.1 Å². The van der Waals surface area contributed by atoms with E-state index < -0.39 is 0 Å². The molecule has 0 saturated carbocycles. The lowest BCUT2D eigenvalue weighted by molar-refractivity contribution is 0.360. The Hall–Kier alpha value is -0.320. The van der Waals surface area contributed by atoms with E-state index in [1.54, 1.807) is 0 Å². The van der Waals surface area contributed by atoms with Crippen LogP contribution in [0.5, 0.6) is 5.75 Å². The summed E-state index contributed by atoms with van der Waals surface area (Å²) in [6.45, 7) is 9.30. The fraction of sp³-hybridized carbons (Fsp3) is 0.385. The van der Waals surface area contributed by atoms with E-state index in [1.807, 2.05) is 18.2 Å². The number of benzene rings is 1. The molecule has 1 aromatic carbocycles. The summed E-state index contributed by atoms with van der Waals surface area (Å²) < 4.78 is 7.50. The normalized spacial score (nSPS) is 10.6. The quantitative estimate of drug-likeness (QED) is 0.817. The highest BCUT2D eigenvalue weighted by Gasteiger charge is 2.03. The van der Waals surface area contributed by atoms with Crippen molar-refractivity contribution in [3.05, 3.63) is 39.3 Å². The van der Waals surface area contributed by atoms with Crippen molar-refractivity contribution in [1.29, 1.82) is 0 Å². The Balaban J connectivity index is 2.68. The largest absolute Gasteiger partial charge is 0.488 e. The predicted octanol–water partition coefficient (Wildman–Crippen LogP) is 4.23.